The number of hydrogen-bond donors (Lipinski definition) is 2. The lowest BCUT2D eigenvalue weighted by molar-refractivity contribution is -0.152. The van der Waals surface area contributed by atoms with Crippen LogP contribution in [0, 0.1) is 5.92 Å². The molecule has 1 aromatic rings. The van der Waals surface area contributed by atoms with Crippen LogP contribution in [0.1, 0.15) is 87.1 Å². The lowest BCUT2D eigenvalue weighted by Crippen LogP contribution is -2.43. The summed E-state index contributed by atoms with van der Waals surface area (Å²) in [6, 6.07) is 3.29. The standard InChI is InChI=1S/C29H45NO10/c1-10-18(4)25(33)36-19(5)17-30-21(24(31)32)15-20-13-14-22(37-26(34)39-28(6,7)11-2)23(16-20)38-27(35)40-29(8,9)12-3/h13-14,16,18-19,21,30H,10-12,15,17H2,1-9H3,(H,31,32)/t18?,19?,21-/m0/s1. The van der Waals surface area contributed by atoms with Crippen LogP contribution in [-0.4, -0.2) is 59.2 Å². The van der Waals surface area contributed by atoms with E-state index in [2.05, 4.69) is 5.32 Å². The quantitative estimate of drug-likeness (QED) is 0.154. The monoisotopic (exact) mass is 567 g/mol. The van der Waals surface area contributed by atoms with Gasteiger partial charge < -0.3 is 34.1 Å². The van der Waals surface area contributed by atoms with Gasteiger partial charge in [-0.1, -0.05) is 33.8 Å². The van der Waals surface area contributed by atoms with E-state index >= 15 is 0 Å². The summed E-state index contributed by atoms with van der Waals surface area (Å²) in [6.07, 6.45) is -0.853. The highest BCUT2D eigenvalue weighted by Crippen LogP contribution is 2.31. The summed E-state index contributed by atoms with van der Waals surface area (Å²) >= 11 is 0. The van der Waals surface area contributed by atoms with Gasteiger partial charge in [0.25, 0.3) is 0 Å². The van der Waals surface area contributed by atoms with E-state index < -0.39 is 41.6 Å². The number of hydrogen-bond acceptors (Lipinski definition) is 10. The zero-order valence-electron chi connectivity index (χ0n) is 25.1. The van der Waals surface area contributed by atoms with Crippen LogP contribution in [0.3, 0.4) is 0 Å². The number of benzene rings is 1. The Morgan fingerprint density at radius 2 is 1.40 bits per heavy atom. The maximum atomic E-state index is 12.5. The molecule has 2 unspecified atom stereocenters. The van der Waals surface area contributed by atoms with Crippen molar-refractivity contribution in [3.05, 3.63) is 23.8 Å². The number of esters is 1. The van der Waals surface area contributed by atoms with E-state index in [-0.39, 0.29) is 36.4 Å². The van der Waals surface area contributed by atoms with Crippen LogP contribution in [0.15, 0.2) is 18.2 Å². The minimum absolute atomic E-state index is 0.0131. The van der Waals surface area contributed by atoms with Crippen molar-refractivity contribution in [2.45, 2.75) is 111 Å². The molecule has 0 aromatic heterocycles. The zero-order valence-corrected chi connectivity index (χ0v) is 25.1. The van der Waals surface area contributed by atoms with Gasteiger partial charge in [-0.2, -0.15) is 0 Å². The van der Waals surface area contributed by atoms with Crippen molar-refractivity contribution >= 4 is 24.2 Å². The number of nitrogens with one attached hydrogen (secondary N) is 1. The topological polar surface area (TPSA) is 147 Å². The van der Waals surface area contributed by atoms with Crippen molar-refractivity contribution in [3.8, 4) is 11.5 Å². The molecule has 226 valence electrons. The van der Waals surface area contributed by atoms with Crippen LogP contribution >= 0.6 is 0 Å². The molecule has 0 saturated carbocycles. The molecule has 2 N–H and O–H groups in total. The van der Waals surface area contributed by atoms with Gasteiger partial charge in [-0.3, -0.25) is 9.59 Å². The third-order valence-corrected chi connectivity index (χ3v) is 6.54. The Labute approximate surface area is 236 Å². The van der Waals surface area contributed by atoms with E-state index in [1.54, 1.807) is 47.6 Å². The Morgan fingerprint density at radius 3 is 1.88 bits per heavy atom. The zero-order chi connectivity index (χ0) is 30.7. The molecule has 11 heteroatoms. The summed E-state index contributed by atoms with van der Waals surface area (Å²) in [5, 5.41) is 12.7. The smallest absolute Gasteiger partial charge is 0.480 e. The third kappa shape index (κ3) is 12.2. The minimum Gasteiger partial charge on any atom is -0.480 e. The number of carboxylic acid groups (broad SMARTS) is 1. The first kappa shape index (κ1) is 34.7. The molecule has 3 atom stereocenters. The largest absolute Gasteiger partial charge is 0.514 e. The number of ether oxygens (including phenoxy) is 5. The Morgan fingerprint density at radius 1 is 0.875 bits per heavy atom. The lowest BCUT2D eigenvalue weighted by atomic mass is 10.0. The number of aliphatic carboxylic acids is 1. The van der Waals surface area contributed by atoms with Gasteiger partial charge in [0.1, 0.15) is 23.3 Å². The van der Waals surface area contributed by atoms with Crippen molar-refractivity contribution in [3.63, 3.8) is 0 Å². The van der Waals surface area contributed by atoms with Gasteiger partial charge >= 0.3 is 24.2 Å². The Hall–Kier alpha value is -3.34. The summed E-state index contributed by atoms with van der Waals surface area (Å²) in [5.41, 5.74) is -1.10. The molecule has 1 aromatic carbocycles. The summed E-state index contributed by atoms with van der Waals surface area (Å²) in [6.45, 7) is 16.0. The molecular weight excluding hydrogens is 522 g/mol. The fourth-order valence-electron chi connectivity index (χ4n) is 2.97. The lowest BCUT2D eigenvalue weighted by Gasteiger charge is -2.24. The average molecular weight is 568 g/mol. The predicted molar refractivity (Wildman–Crippen MR) is 148 cm³/mol. The van der Waals surface area contributed by atoms with Crippen LogP contribution in [0.4, 0.5) is 9.59 Å². The minimum atomic E-state index is -1.13. The molecule has 11 nitrogen and oxygen atoms in total. The molecule has 0 fully saturated rings. The second-order valence-corrected chi connectivity index (χ2v) is 11.0. The number of carbonyl (C=O) groups is 4. The third-order valence-electron chi connectivity index (χ3n) is 6.54. The van der Waals surface area contributed by atoms with Gasteiger partial charge in [0.15, 0.2) is 11.5 Å². The van der Waals surface area contributed by atoms with Crippen LogP contribution < -0.4 is 14.8 Å². The van der Waals surface area contributed by atoms with E-state index in [0.29, 0.717) is 24.8 Å². The second-order valence-electron chi connectivity index (χ2n) is 11.0. The van der Waals surface area contributed by atoms with E-state index in [0.717, 1.165) is 0 Å². The maximum Gasteiger partial charge on any atom is 0.514 e. The Kier molecular flexibility index (Phi) is 13.4. The van der Waals surface area contributed by atoms with Gasteiger partial charge in [-0.05, 0) is 78.0 Å². The Balaban J connectivity index is 3.12. The number of carboxylic acids is 1. The molecule has 40 heavy (non-hydrogen) atoms. The average Bonchev–Trinajstić information content (AvgIpc) is 2.86. The molecular formula is C29H45NO10. The van der Waals surface area contributed by atoms with Crippen LogP contribution in [-0.2, 0) is 30.2 Å². The fourth-order valence-corrected chi connectivity index (χ4v) is 2.97. The highest BCUT2D eigenvalue weighted by Gasteiger charge is 2.27. The number of rotatable bonds is 15. The van der Waals surface area contributed by atoms with Gasteiger partial charge in [0.2, 0.25) is 0 Å². The highest BCUT2D eigenvalue weighted by molar-refractivity contribution is 5.74. The predicted octanol–water partition coefficient (Wildman–Crippen LogP) is 5.66. The first-order valence-electron chi connectivity index (χ1n) is 13.6. The van der Waals surface area contributed by atoms with E-state index in [1.807, 2.05) is 20.8 Å². The van der Waals surface area contributed by atoms with Crippen LogP contribution in [0.2, 0.25) is 0 Å². The molecule has 0 aliphatic rings. The van der Waals surface area contributed by atoms with E-state index in [1.165, 1.54) is 12.1 Å². The van der Waals surface area contributed by atoms with Crippen molar-refractivity contribution in [1.29, 1.82) is 0 Å². The molecule has 0 amide bonds. The normalized spacial score (nSPS) is 13.9. The molecule has 0 radical (unpaired) electrons. The summed E-state index contributed by atoms with van der Waals surface area (Å²) in [7, 11) is 0. The van der Waals surface area contributed by atoms with Crippen LogP contribution in [0.5, 0.6) is 11.5 Å². The van der Waals surface area contributed by atoms with Crippen molar-refractivity contribution in [2.24, 2.45) is 5.92 Å². The second kappa shape index (κ2) is 15.4. The number of carbonyl (C=O) groups excluding carboxylic acids is 3. The SMILES string of the molecule is CCC(C)C(=O)OC(C)CN[C@@H](Cc1ccc(OC(=O)OC(C)(C)CC)c(OC(=O)OC(C)(C)CC)c1)C(=O)O. The van der Waals surface area contributed by atoms with Crippen LogP contribution in [0.25, 0.3) is 0 Å². The highest BCUT2D eigenvalue weighted by atomic mass is 16.8. The molecule has 1 rings (SSSR count). The first-order chi connectivity index (χ1) is 18.5. The van der Waals surface area contributed by atoms with Crippen molar-refractivity contribution in [1.82, 2.24) is 5.32 Å². The Bertz CT molecular complexity index is 1020. The van der Waals surface area contributed by atoms with Gasteiger partial charge in [-0.15, -0.1) is 0 Å². The molecule has 0 heterocycles. The molecule has 0 spiro atoms. The fraction of sp³-hybridized carbons (Fsp3) is 0.655. The van der Waals surface area contributed by atoms with E-state index in [9.17, 15) is 24.3 Å². The summed E-state index contributed by atoms with van der Waals surface area (Å²) < 4.78 is 26.7. The summed E-state index contributed by atoms with van der Waals surface area (Å²) in [4.78, 5) is 48.9. The van der Waals surface area contributed by atoms with Crippen molar-refractivity contribution in [2.75, 3.05) is 6.54 Å². The van der Waals surface area contributed by atoms with Gasteiger partial charge in [0, 0.05) is 6.54 Å². The molecule has 0 bridgehead atoms. The maximum absolute atomic E-state index is 12.5. The molecule has 0 aliphatic heterocycles. The molecule has 0 saturated heterocycles. The van der Waals surface area contributed by atoms with Gasteiger partial charge in [0.05, 0.1) is 5.92 Å². The van der Waals surface area contributed by atoms with Gasteiger partial charge in [-0.25, -0.2) is 9.59 Å². The van der Waals surface area contributed by atoms with E-state index in [4.69, 9.17) is 23.7 Å². The van der Waals surface area contributed by atoms with Crippen molar-refractivity contribution < 1.29 is 48.0 Å². The first-order valence-corrected chi connectivity index (χ1v) is 13.6. The summed E-state index contributed by atoms with van der Waals surface area (Å²) in [5.74, 6) is -1.97. The molecule has 0 aliphatic carbocycles.